The van der Waals surface area contributed by atoms with Gasteiger partial charge in [0.25, 0.3) is 0 Å². The van der Waals surface area contributed by atoms with Crippen LogP contribution < -0.4 is 10.1 Å². The van der Waals surface area contributed by atoms with Crippen molar-refractivity contribution in [2.75, 3.05) is 26.1 Å². The maximum atomic E-state index is 11.7. The Labute approximate surface area is 114 Å². The van der Waals surface area contributed by atoms with Crippen molar-refractivity contribution in [1.82, 2.24) is 5.06 Å². The summed E-state index contributed by atoms with van der Waals surface area (Å²) in [7, 11) is 2.99. The van der Waals surface area contributed by atoms with Gasteiger partial charge >= 0.3 is 6.03 Å². The highest BCUT2D eigenvalue weighted by molar-refractivity contribution is 5.88. The fraction of sp³-hybridized carbons (Fsp3) is 0.500. The third-order valence-electron chi connectivity index (χ3n) is 2.71. The Morgan fingerprint density at radius 3 is 2.68 bits per heavy atom. The smallest absolute Gasteiger partial charge is 0.345 e. The summed E-state index contributed by atoms with van der Waals surface area (Å²) in [6.07, 6.45) is 1.82. The van der Waals surface area contributed by atoms with Crippen LogP contribution in [0.1, 0.15) is 25.8 Å². The van der Waals surface area contributed by atoms with E-state index in [0.717, 1.165) is 34.9 Å². The molecule has 19 heavy (non-hydrogen) atoms. The van der Waals surface area contributed by atoms with Gasteiger partial charge in [-0.1, -0.05) is 13.8 Å². The second-order valence-corrected chi connectivity index (χ2v) is 4.13. The quantitative estimate of drug-likeness (QED) is 0.805. The normalized spacial score (nSPS) is 10.1. The van der Waals surface area contributed by atoms with Crippen molar-refractivity contribution in [2.24, 2.45) is 0 Å². The summed E-state index contributed by atoms with van der Waals surface area (Å²) in [5.74, 6) is 0.877. The molecule has 106 valence electrons. The lowest BCUT2D eigenvalue weighted by Crippen LogP contribution is -2.30. The highest BCUT2D eigenvalue weighted by Crippen LogP contribution is 2.23. The minimum atomic E-state index is -0.313. The third kappa shape index (κ3) is 4.44. The summed E-state index contributed by atoms with van der Waals surface area (Å²) in [5, 5.41) is 3.89. The lowest BCUT2D eigenvalue weighted by Gasteiger charge is -2.16. The van der Waals surface area contributed by atoms with Gasteiger partial charge in [0.05, 0.1) is 13.7 Å². The molecular formula is C14H22N2O3. The van der Waals surface area contributed by atoms with E-state index in [-0.39, 0.29) is 6.03 Å². The number of carbonyl (C=O) groups is 1. The van der Waals surface area contributed by atoms with E-state index in [1.807, 2.05) is 18.2 Å². The summed E-state index contributed by atoms with van der Waals surface area (Å²) < 4.78 is 5.66. The van der Waals surface area contributed by atoms with Gasteiger partial charge in [-0.25, -0.2) is 9.86 Å². The average molecular weight is 266 g/mol. The fourth-order valence-corrected chi connectivity index (χ4v) is 1.57. The highest BCUT2D eigenvalue weighted by atomic mass is 16.7. The van der Waals surface area contributed by atoms with Crippen molar-refractivity contribution in [2.45, 2.75) is 26.7 Å². The van der Waals surface area contributed by atoms with Crippen molar-refractivity contribution in [1.29, 1.82) is 0 Å². The van der Waals surface area contributed by atoms with Crippen molar-refractivity contribution >= 4 is 11.7 Å². The number of urea groups is 1. The number of aryl methyl sites for hydroxylation is 1. The van der Waals surface area contributed by atoms with Crippen molar-refractivity contribution < 1.29 is 14.4 Å². The van der Waals surface area contributed by atoms with Crippen LogP contribution in [0.25, 0.3) is 0 Å². The van der Waals surface area contributed by atoms with E-state index in [4.69, 9.17) is 9.57 Å². The summed E-state index contributed by atoms with van der Waals surface area (Å²) >= 11 is 0. The maximum absolute atomic E-state index is 11.7. The number of nitrogens with zero attached hydrogens (tertiary/aromatic N) is 1. The van der Waals surface area contributed by atoms with Crippen molar-refractivity contribution in [3.05, 3.63) is 23.8 Å². The number of amides is 2. The molecular weight excluding hydrogens is 244 g/mol. The first-order valence-corrected chi connectivity index (χ1v) is 6.46. The number of hydroxylamine groups is 2. The zero-order valence-corrected chi connectivity index (χ0v) is 12.0. The molecule has 0 aliphatic heterocycles. The van der Waals surface area contributed by atoms with Gasteiger partial charge in [0.1, 0.15) is 5.75 Å². The molecule has 0 saturated carbocycles. The monoisotopic (exact) mass is 266 g/mol. The maximum Gasteiger partial charge on any atom is 0.345 e. The molecule has 0 saturated heterocycles. The number of carbonyl (C=O) groups excluding carboxylic acids is 1. The molecule has 5 nitrogen and oxygen atoms in total. The number of hydrogen-bond acceptors (Lipinski definition) is 3. The van der Waals surface area contributed by atoms with E-state index in [9.17, 15) is 4.79 Å². The van der Waals surface area contributed by atoms with E-state index in [2.05, 4.69) is 19.2 Å². The van der Waals surface area contributed by atoms with Gasteiger partial charge in [-0.3, -0.25) is 4.84 Å². The standard InChI is InChI=1S/C14H22N2O3/c1-5-9-19-13-8-7-12(10-11(13)6-2)15-14(17)16(3)18-4/h7-8,10H,5-6,9H2,1-4H3,(H,15,17). The molecule has 5 heteroatoms. The first-order chi connectivity index (χ1) is 9.12. The van der Waals surface area contributed by atoms with Crippen LogP contribution >= 0.6 is 0 Å². The first kappa shape index (κ1) is 15.3. The Kier molecular flexibility index (Phi) is 6.15. The van der Waals surface area contributed by atoms with Gasteiger partial charge in [0, 0.05) is 12.7 Å². The molecule has 0 unspecified atom stereocenters. The van der Waals surface area contributed by atoms with Crippen LogP contribution in [0, 0.1) is 0 Å². The fourth-order valence-electron chi connectivity index (χ4n) is 1.57. The van der Waals surface area contributed by atoms with E-state index in [0.29, 0.717) is 6.61 Å². The second kappa shape index (κ2) is 7.63. The molecule has 2 amide bonds. The topological polar surface area (TPSA) is 50.8 Å². The van der Waals surface area contributed by atoms with Crippen LogP contribution in [-0.4, -0.2) is 31.9 Å². The SMILES string of the molecule is CCCOc1ccc(NC(=O)N(C)OC)cc1CC. The largest absolute Gasteiger partial charge is 0.493 e. The van der Waals surface area contributed by atoms with Crippen LogP contribution in [0.4, 0.5) is 10.5 Å². The Morgan fingerprint density at radius 2 is 2.11 bits per heavy atom. The van der Waals surface area contributed by atoms with Crippen molar-refractivity contribution in [3.8, 4) is 5.75 Å². The second-order valence-electron chi connectivity index (χ2n) is 4.13. The Balaban J connectivity index is 2.79. The minimum Gasteiger partial charge on any atom is -0.493 e. The van der Waals surface area contributed by atoms with Gasteiger partial charge in [-0.15, -0.1) is 0 Å². The van der Waals surface area contributed by atoms with Crippen LogP contribution in [-0.2, 0) is 11.3 Å². The summed E-state index contributed by atoms with van der Waals surface area (Å²) in [6.45, 7) is 4.83. The Morgan fingerprint density at radius 1 is 1.37 bits per heavy atom. The molecule has 0 spiro atoms. The lowest BCUT2D eigenvalue weighted by atomic mass is 10.1. The van der Waals surface area contributed by atoms with Gasteiger partial charge in [-0.05, 0) is 36.6 Å². The number of nitrogens with one attached hydrogen (secondary N) is 1. The number of hydrogen-bond donors (Lipinski definition) is 1. The molecule has 0 fully saturated rings. The highest BCUT2D eigenvalue weighted by Gasteiger charge is 2.09. The summed E-state index contributed by atoms with van der Waals surface area (Å²) in [6, 6.07) is 5.32. The van der Waals surface area contributed by atoms with E-state index >= 15 is 0 Å². The predicted molar refractivity (Wildman–Crippen MR) is 75.4 cm³/mol. The average Bonchev–Trinajstić information content (AvgIpc) is 2.44. The summed E-state index contributed by atoms with van der Waals surface area (Å²) in [4.78, 5) is 16.5. The van der Waals surface area contributed by atoms with Gasteiger partial charge in [0.15, 0.2) is 0 Å². The molecule has 1 aromatic carbocycles. The minimum absolute atomic E-state index is 0.313. The molecule has 0 aliphatic rings. The Bertz CT molecular complexity index is 421. The van der Waals surface area contributed by atoms with Crippen LogP contribution in [0.5, 0.6) is 5.75 Å². The van der Waals surface area contributed by atoms with Crippen LogP contribution in [0.3, 0.4) is 0 Å². The predicted octanol–water partition coefficient (Wildman–Crippen LogP) is 3.06. The van der Waals surface area contributed by atoms with Gasteiger partial charge in [0.2, 0.25) is 0 Å². The molecule has 1 rings (SSSR count). The molecule has 0 atom stereocenters. The Hall–Kier alpha value is -1.75. The first-order valence-electron chi connectivity index (χ1n) is 6.46. The van der Waals surface area contributed by atoms with Gasteiger partial charge < -0.3 is 10.1 Å². The zero-order valence-electron chi connectivity index (χ0n) is 12.0. The summed E-state index contributed by atoms with van der Waals surface area (Å²) in [5.41, 5.74) is 1.81. The van der Waals surface area contributed by atoms with Crippen LogP contribution in [0.2, 0.25) is 0 Å². The lowest BCUT2D eigenvalue weighted by molar-refractivity contribution is -0.0598. The molecule has 0 aliphatic carbocycles. The third-order valence-corrected chi connectivity index (χ3v) is 2.71. The number of anilines is 1. The number of rotatable bonds is 6. The van der Waals surface area contributed by atoms with Gasteiger partial charge in [-0.2, -0.15) is 0 Å². The molecule has 1 N–H and O–H groups in total. The molecule has 0 aromatic heterocycles. The van der Waals surface area contributed by atoms with E-state index < -0.39 is 0 Å². The molecule has 0 radical (unpaired) electrons. The number of ether oxygens (including phenoxy) is 1. The van der Waals surface area contributed by atoms with Crippen molar-refractivity contribution in [3.63, 3.8) is 0 Å². The molecule has 0 heterocycles. The van der Waals surface area contributed by atoms with Crippen LogP contribution in [0.15, 0.2) is 18.2 Å². The molecule has 0 bridgehead atoms. The zero-order chi connectivity index (χ0) is 14.3. The van der Waals surface area contributed by atoms with E-state index in [1.54, 1.807) is 7.05 Å². The van der Waals surface area contributed by atoms with E-state index in [1.165, 1.54) is 7.11 Å². The number of benzene rings is 1. The molecule has 1 aromatic rings.